The molecule has 0 bridgehead atoms. The molecule has 4 heteroatoms. The van der Waals surface area contributed by atoms with Gasteiger partial charge in [0.2, 0.25) is 0 Å². The van der Waals surface area contributed by atoms with Crippen molar-refractivity contribution in [3.05, 3.63) is 62.4 Å². The molecule has 3 aromatic rings. The van der Waals surface area contributed by atoms with Crippen LogP contribution in [0, 0.1) is 6.92 Å². The van der Waals surface area contributed by atoms with Crippen LogP contribution < -0.4 is 14.8 Å². The van der Waals surface area contributed by atoms with Gasteiger partial charge in [0.05, 0.1) is 9.89 Å². The van der Waals surface area contributed by atoms with Gasteiger partial charge in [-0.3, -0.25) is 4.99 Å². The van der Waals surface area contributed by atoms with Gasteiger partial charge in [0.15, 0.2) is 0 Å². The minimum absolute atomic E-state index is 0.0881. The van der Waals surface area contributed by atoms with Gasteiger partial charge in [0, 0.05) is 27.0 Å². The Labute approximate surface area is 157 Å². The van der Waals surface area contributed by atoms with Gasteiger partial charge in [0.25, 0.3) is 0 Å². The Bertz CT molecular complexity index is 1090. The second-order valence-corrected chi connectivity index (χ2v) is 9.14. The first-order valence-corrected chi connectivity index (χ1v) is 9.64. The third-order valence-corrected chi connectivity index (χ3v) is 5.89. The van der Waals surface area contributed by atoms with Gasteiger partial charge >= 0.3 is 0 Å². The van der Waals surface area contributed by atoms with Crippen LogP contribution in [0.4, 0.5) is 5.69 Å². The maximum atomic E-state index is 6.15. The molecule has 2 aromatic carbocycles. The lowest BCUT2D eigenvalue weighted by atomic mass is 9.85. The van der Waals surface area contributed by atoms with Crippen molar-refractivity contribution in [3.63, 3.8) is 0 Å². The molecule has 0 aliphatic carbocycles. The van der Waals surface area contributed by atoms with Crippen molar-refractivity contribution in [3.8, 4) is 0 Å². The fourth-order valence-electron chi connectivity index (χ4n) is 3.31. The van der Waals surface area contributed by atoms with Crippen LogP contribution in [0.5, 0.6) is 0 Å². The van der Waals surface area contributed by atoms with E-state index >= 15 is 0 Å². The van der Waals surface area contributed by atoms with E-state index in [0.29, 0.717) is 6.67 Å². The number of fused-ring (bicyclic) bond motifs is 3. The minimum Gasteiger partial charge on any atom is -0.326 e. The largest absolute Gasteiger partial charge is 0.326 e. The molecule has 0 N–H and O–H groups in total. The van der Waals surface area contributed by atoms with E-state index in [0.717, 1.165) is 10.4 Å². The molecule has 4 rings (SSSR count). The normalized spacial score (nSPS) is 14.2. The Morgan fingerprint density at radius 1 is 1.12 bits per heavy atom. The van der Waals surface area contributed by atoms with Gasteiger partial charge in [-0.05, 0) is 47.7 Å². The Hall–Kier alpha value is -1.84. The number of benzene rings is 2. The summed E-state index contributed by atoms with van der Waals surface area (Å²) < 4.78 is 2.39. The molecular weight excluding hydrogens is 348 g/mol. The molecule has 25 heavy (non-hydrogen) atoms. The summed E-state index contributed by atoms with van der Waals surface area (Å²) in [6.07, 6.45) is 2.24. The van der Waals surface area contributed by atoms with Crippen LogP contribution in [0.3, 0.4) is 0 Å². The second kappa shape index (κ2) is 5.86. The quantitative estimate of drug-likeness (QED) is 0.590. The van der Waals surface area contributed by atoms with Gasteiger partial charge < -0.3 is 4.90 Å². The molecule has 1 aliphatic heterocycles. The first-order valence-electron chi connectivity index (χ1n) is 8.45. The lowest BCUT2D eigenvalue weighted by molar-refractivity contribution is 0.589. The van der Waals surface area contributed by atoms with Crippen LogP contribution in [0.1, 0.15) is 31.9 Å². The third kappa shape index (κ3) is 2.96. The van der Waals surface area contributed by atoms with Gasteiger partial charge in [-0.25, -0.2) is 0 Å². The van der Waals surface area contributed by atoms with Crippen molar-refractivity contribution < 1.29 is 0 Å². The van der Waals surface area contributed by atoms with E-state index in [-0.39, 0.29) is 5.41 Å². The summed E-state index contributed by atoms with van der Waals surface area (Å²) in [6, 6.07) is 12.8. The number of nitrogens with zero attached hydrogens (tertiary/aromatic N) is 2. The lowest BCUT2D eigenvalue weighted by Crippen LogP contribution is -2.34. The molecule has 2 heterocycles. The van der Waals surface area contributed by atoms with Crippen LogP contribution in [0.25, 0.3) is 16.3 Å². The van der Waals surface area contributed by atoms with Crippen LogP contribution in [-0.2, 0) is 5.41 Å². The molecular formula is C21H21ClN2S. The molecule has 0 atom stereocenters. The zero-order valence-corrected chi connectivity index (χ0v) is 16.5. The molecule has 0 saturated carbocycles. The Morgan fingerprint density at radius 3 is 2.68 bits per heavy atom. The fourth-order valence-corrected chi connectivity index (χ4v) is 4.70. The maximum absolute atomic E-state index is 6.15. The molecule has 1 aromatic heterocycles. The molecule has 0 spiro atoms. The predicted octanol–water partition coefficient (Wildman–Crippen LogP) is 5.00. The van der Waals surface area contributed by atoms with E-state index in [1.165, 1.54) is 31.4 Å². The highest BCUT2D eigenvalue weighted by molar-refractivity contribution is 7.17. The number of hydrogen-bond acceptors (Lipinski definition) is 3. The Morgan fingerprint density at radius 2 is 1.92 bits per heavy atom. The zero-order valence-electron chi connectivity index (χ0n) is 14.9. The highest BCUT2D eigenvalue weighted by Crippen LogP contribution is 2.33. The second-order valence-electron chi connectivity index (χ2n) is 7.62. The number of aryl methyl sites for hydroxylation is 1. The van der Waals surface area contributed by atoms with E-state index in [1.54, 1.807) is 11.3 Å². The van der Waals surface area contributed by atoms with Crippen molar-refractivity contribution in [2.45, 2.75) is 33.1 Å². The SMILES string of the molecule is Cc1ccc(C(C)(C)C)c(N2C=c3sc4cc(Cl)ccc4c3=NC2)c1. The first-order chi connectivity index (χ1) is 11.8. The topological polar surface area (TPSA) is 15.6 Å². The summed E-state index contributed by atoms with van der Waals surface area (Å²) in [5, 5.41) is 3.06. The van der Waals surface area contributed by atoms with E-state index in [4.69, 9.17) is 16.6 Å². The first kappa shape index (κ1) is 16.6. The van der Waals surface area contributed by atoms with Crippen LogP contribution in [0.2, 0.25) is 5.02 Å². The van der Waals surface area contributed by atoms with Crippen LogP contribution >= 0.6 is 22.9 Å². The van der Waals surface area contributed by atoms with Crippen LogP contribution in [-0.4, -0.2) is 6.67 Å². The van der Waals surface area contributed by atoms with Gasteiger partial charge in [-0.2, -0.15) is 0 Å². The molecule has 0 radical (unpaired) electrons. The summed E-state index contributed by atoms with van der Waals surface area (Å²) in [5.41, 5.74) is 3.95. The molecule has 0 unspecified atom stereocenters. The highest BCUT2D eigenvalue weighted by atomic mass is 35.5. The van der Waals surface area contributed by atoms with E-state index in [1.807, 2.05) is 12.1 Å². The third-order valence-electron chi connectivity index (χ3n) is 4.58. The fraction of sp³-hybridized carbons (Fsp3) is 0.286. The minimum atomic E-state index is 0.0881. The highest BCUT2D eigenvalue weighted by Gasteiger charge is 2.21. The number of thiophene rings is 1. The van der Waals surface area contributed by atoms with Crippen LogP contribution in [0.15, 0.2) is 41.4 Å². The monoisotopic (exact) mass is 368 g/mol. The summed E-state index contributed by atoms with van der Waals surface area (Å²) in [4.78, 5) is 7.15. The van der Waals surface area contributed by atoms with E-state index in [9.17, 15) is 0 Å². The standard InChI is InChI=1S/C21H21ClN2S/c1-13-5-8-16(21(2,3)4)17(9-13)24-11-19-20(23-12-24)15-7-6-14(22)10-18(15)25-19/h5-11H,12H2,1-4H3. The summed E-state index contributed by atoms with van der Waals surface area (Å²) in [6.45, 7) is 9.57. The Balaban J connectivity index is 1.89. The smallest absolute Gasteiger partial charge is 0.115 e. The van der Waals surface area contributed by atoms with E-state index in [2.05, 4.69) is 63.1 Å². The van der Waals surface area contributed by atoms with Crippen molar-refractivity contribution in [1.82, 2.24) is 0 Å². The molecule has 0 amide bonds. The summed E-state index contributed by atoms with van der Waals surface area (Å²) in [7, 11) is 0. The van der Waals surface area contributed by atoms with Gasteiger partial charge in [-0.15, -0.1) is 11.3 Å². The van der Waals surface area contributed by atoms with E-state index < -0.39 is 0 Å². The van der Waals surface area contributed by atoms with Gasteiger partial charge in [-0.1, -0.05) is 44.5 Å². The predicted molar refractivity (Wildman–Crippen MR) is 109 cm³/mol. The summed E-state index contributed by atoms with van der Waals surface area (Å²) in [5.74, 6) is 0. The zero-order chi connectivity index (χ0) is 17.8. The average molecular weight is 369 g/mol. The van der Waals surface area contributed by atoms with Crippen molar-refractivity contribution >= 4 is 44.9 Å². The molecule has 2 nitrogen and oxygen atoms in total. The number of hydrogen-bond donors (Lipinski definition) is 0. The number of halogens is 1. The molecule has 0 saturated heterocycles. The van der Waals surface area contributed by atoms with Gasteiger partial charge in [0.1, 0.15) is 6.67 Å². The number of anilines is 1. The summed E-state index contributed by atoms with van der Waals surface area (Å²) >= 11 is 7.91. The van der Waals surface area contributed by atoms with Crippen molar-refractivity contribution in [1.29, 1.82) is 0 Å². The molecule has 128 valence electrons. The van der Waals surface area contributed by atoms with Crippen molar-refractivity contribution in [2.75, 3.05) is 11.6 Å². The average Bonchev–Trinajstić information content (AvgIpc) is 2.89. The van der Waals surface area contributed by atoms with Crippen molar-refractivity contribution in [2.24, 2.45) is 4.99 Å². The molecule has 1 aliphatic rings. The lowest BCUT2D eigenvalue weighted by Gasteiger charge is -2.29. The number of rotatable bonds is 1. The molecule has 0 fully saturated rings. The maximum Gasteiger partial charge on any atom is 0.115 e. The Kier molecular flexibility index (Phi) is 3.89.